The van der Waals surface area contributed by atoms with Crippen LogP contribution >= 0.6 is 0 Å². The first kappa shape index (κ1) is 34.7. The maximum atomic E-state index is 5.09. The Morgan fingerprint density at radius 2 is 0.947 bits per heavy atom. The van der Waals surface area contributed by atoms with Crippen molar-refractivity contribution in [1.82, 2.24) is 33.9 Å². The molecule has 0 aliphatic rings. The van der Waals surface area contributed by atoms with Crippen LogP contribution in [0.3, 0.4) is 0 Å². The molecule has 0 aliphatic carbocycles. The van der Waals surface area contributed by atoms with E-state index >= 15 is 0 Å². The Labute approximate surface area is 275 Å². The number of imidazole rings is 2. The van der Waals surface area contributed by atoms with Gasteiger partial charge in [0.1, 0.15) is 11.4 Å². The van der Waals surface area contributed by atoms with Gasteiger partial charge in [-0.3, -0.25) is 0 Å². The molecular weight excluding hydrogens is 673 g/mol. The Kier molecular flexibility index (Phi) is 14.1. The molecule has 5 aromatic rings. The molecule has 7 nitrogen and oxygen atoms in total. The van der Waals surface area contributed by atoms with Crippen LogP contribution in [0, 0.1) is 40.8 Å². The van der Waals surface area contributed by atoms with E-state index in [1.165, 1.54) is 0 Å². The molecule has 38 heavy (non-hydrogen) atoms. The van der Waals surface area contributed by atoms with Crippen LogP contribution in [0.4, 0.5) is 0 Å². The quantitative estimate of drug-likeness (QED) is 0.163. The van der Waals surface area contributed by atoms with Crippen LogP contribution in [0.25, 0.3) is 45.1 Å². The summed E-state index contributed by atoms with van der Waals surface area (Å²) in [6, 6.07) is 22.7. The van der Waals surface area contributed by atoms with E-state index in [4.69, 9.17) is 15.0 Å². The van der Waals surface area contributed by atoms with Crippen molar-refractivity contribution in [2.75, 3.05) is 41.3 Å². The van der Waals surface area contributed by atoms with Gasteiger partial charge < -0.3 is 56.2 Å². The number of para-hydroxylation sites is 4. The third-order valence-electron chi connectivity index (χ3n) is 6.06. The summed E-state index contributed by atoms with van der Waals surface area (Å²) in [7, 11) is 8.37. The molecule has 0 saturated heterocycles. The normalized spacial score (nSPS) is 10.7. The smallest absolute Gasteiger partial charge is 1.00 e. The van der Waals surface area contributed by atoms with Crippen LogP contribution in [-0.2, 0) is 13.1 Å². The number of pyridine rings is 1. The van der Waals surface area contributed by atoms with Gasteiger partial charge >= 0.3 is 40.8 Å². The molecule has 3 heterocycles. The van der Waals surface area contributed by atoms with E-state index < -0.39 is 0 Å². The molecule has 11 heteroatoms. The van der Waals surface area contributed by atoms with Gasteiger partial charge in [0.15, 0.2) is 11.6 Å². The Balaban J connectivity index is 0.00000180. The molecule has 0 aliphatic heterocycles. The second-order valence-corrected chi connectivity index (χ2v) is 9.17. The van der Waals surface area contributed by atoms with Crippen LogP contribution in [0.2, 0.25) is 0 Å². The fourth-order valence-electron chi connectivity index (χ4n) is 4.28. The second-order valence-electron chi connectivity index (χ2n) is 9.17. The number of halogens is 3. The average molecular weight is 704 g/mol. The number of aromatic nitrogens is 5. The number of nitrogens with zero attached hydrogens (tertiary/aromatic N) is 7. The molecule has 0 unspecified atom stereocenters. The summed E-state index contributed by atoms with van der Waals surface area (Å²) in [5.74, 6) is 1.78. The molecule has 0 spiro atoms. The number of benzene rings is 2. The fraction of sp³-hybridized carbons (Fsp3) is 0.296. The van der Waals surface area contributed by atoms with Crippen molar-refractivity contribution >= 4 is 22.1 Å². The fourth-order valence-corrected chi connectivity index (χ4v) is 4.28. The molecule has 2 aromatic carbocycles. The van der Waals surface area contributed by atoms with E-state index in [1.807, 2.05) is 24.3 Å². The Morgan fingerprint density at radius 3 is 1.34 bits per heavy atom. The Morgan fingerprint density at radius 1 is 0.553 bits per heavy atom. The minimum Gasteiger partial charge on any atom is -1.00 e. The van der Waals surface area contributed by atoms with Crippen molar-refractivity contribution in [2.24, 2.45) is 0 Å². The minimum atomic E-state index is 0. The van der Waals surface area contributed by atoms with Gasteiger partial charge in [-0.15, -0.1) is 0 Å². The first-order valence-electron chi connectivity index (χ1n) is 11.7. The molecule has 0 bridgehead atoms. The summed E-state index contributed by atoms with van der Waals surface area (Å²) in [6.45, 7) is 3.53. The topological polar surface area (TPSA) is 55.0 Å². The van der Waals surface area contributed by atoms with Crippen LogP contribution in [0.1, 0.15) is 0 Å². The zero-order valence-electron chi connectivity index (χ0n) is 21.9. The first-order valence-corrected chi connectivity index (χ1v) is 11.7. The van der Waals surface area contributed by atoms with E-state index in [0.29, 0.717) is 0 Å². The molecule has 199 valence electrons. The van der Waals surface area contributed by atoms with Crippen molar-refractivity contribution < 1.29 is 78.1 Å². The number of hydrogen-bond acceptors (Lipinski definition) is 5. The largest absolute Gasteiger partial charge is 3.00 e. The monoisotopic (exact) mass is 700 g/mol. The molecule has 0 saturated carbocycles. The third-order valence-corrected chi connectivity index (χ3v) is 6.06. The van der Waals surface area contributed by atoms with Gasteiger partial charge in [-0.1, -0.05) is 30.3 Å². The summed E-state index contributed by atoms with van der Waals surface area (Å²) in [6.07, 6.45) is 0. The molecule has 0 amide bonds. The van der Waals surface area contributed by atoms with Gasteiger partial charge in [0.25, 0.3) is 0 Å². The molecule has 5 rings (SSSR count). The molecular formula is C27H31Cl3N7Nd. The average Bonchev–Trinajstić information content (AvgIpc) is 3.40. The van der Waals surface area contributed by atoms with Crippen molar-refractivity contribution in [2.45, 2.75) is 13.1 Å². The molecule has 3 aromatic heterocycles. The molecule has 0 N–H and O–H groups in total. The van der Waals surface area contributed by atoms with E-state index in [1.54, 1.807) is 0 Å². The number of rotatable bonds is 8. The van der Waals surface area contributed by atoms with Crippen LogP contribution in [0.15, 0.2) is 66.7 Å². The molecule has 1 radical (unpaired) electrons. The van der Waals surface area contributed by atoms with Crippen LogP contribution < -0.4 is 37.2 Å². The van der Waals surface area contributed by atoms with Gasteiger partial charge in [-0.05, 0) is 64.6 Å². The predicted octanol–water partition coefficient (Wildman–Crippen LogP) is -4.75. The maximum absolute atomic E-state index is 5.09. The van der Waals surface area contributed by atoms with E-state index in [0.717, 1.165) is 71.3 Å². The first-order chi connectivity index (χ1) is 16.5. The van der Waals surface area contributed by atoms with E-state index in [2.05, 4.69) is 89.6 Å². The number of fused-ring (bicyclic) bond motifs is 2. The van der Waals surface area contributed by atoms with Gasteiger partial charge in [0.05, 0.1) is 22.1 Å². The number of hydrogen-bond donors (Lipinski definition) is 0. The summed E-state index contributed by atoms with van der Waals surface area (Å²) in [5.41, 5.74) is 5.95. The van der Waals surface area contributed by atoms with E-state index in [-0.39, 0.29) is 78.1 Å². The van der Waals surface area contributed by atoms with Gasteiger partial charge in [-0.25, -0.2) is 15.0 Å². The Hall–Kier alpha value is -1.33. The summed E-state index contributed by atoms with van der Waals surface area (Å²) in [4.78, 5) is 19.4. The van der Waals surface area contributed by atoms with Crippen molar-refractivity contribution in [1.29, 1.82) is 0 Å². The van der Waals surface area contributed by atoms with Crippen molar-refractivity contribution in [3.8, 4) is 23.0 Å². The van der Waals surface area contributed by atoms with Gasteiger partial charge in [-0.2, -0.15) is 0 Å². The van der Waals surface area contributed by atoms with Crippen LogP contribution in [-0.4, -0.2) is 75.2 Å². The zero-order valence-corrected chi connectivity index (χ0v) is 27.4. The number of likely N-dealkylation sites (N-methyl/N-ethyl adjacent to an activating group) is 2. The minimum absolute atomic E-state index is 0. The second kappa shape index (κ2) is 15.5. The molecule has 0 fully saturated rings. The van der Waals surface area contributed by atoms with E-state index in [9.17, 15) is 0 Å². The SMILES string of the molecule is CN(C)CCn1c(-c2cccc(-c3nc4ccccc4n3CCN(C)C)n2)nc2ccccc21.[Cl-].[Cl-].[Cl-].[Nd+3]. The maximum Gasteiger partial charge on any atom is 3.00 e. The summed E-state index contributed by atoms with van der Waals surface area (Å²) >= 11 is 0. The Bertz CT molecular complexity index is 1340. The van der Waals surface area contributed by atoms with Crippen molar-refractivity contribution in [3.05, 3.63) is 66.7 Å². The summed E-state index contributed by atoms with van der Waals surface area (Å²) in [5, 5.41) is 0. The van der Waals surface area contributed by atoms with Gasteiger partial charge in [0.2, 0.25) is 0 Å². The zero-order chi connectivity index (χ0) is 23.7. The van der Waals surface area contributed by atoms with Crippen LogP contribution in [0.5, 0.6) is 0 Å². The standard InChI is InChI=1S/C27H31N7.3ClH.Nd/c1-31(2)16-18-33-24-14-7-5-10-20(24)29-26(33)22-12-9-13-23(28-22)27-30-21-11-6-8-15-25(21)34(27)19-17-32(3)4;;;;/h5-15H,16-19H2,1-4H3;3*1H;/q;;;;+3/p-3. The molecule has 0 atom stereocenters. The third kappa shape index (κ3) is 7.44. The van der Waals surface area contributed by atoms with Gasteiger partial charge in [0, 0.05) is 26.2 Å². The van der Waals surface area contributed by atoms with Crippen molar-refractivity contribution in [3.63, 3.8) is 0 Å². The predicted molar refractivity (Wildman–Crippen MR) is 139 cm³/mol. The summed E-state index contributed by atoms with van der Waals surface area (Å²) < 4.78 is 4.55.